The molecular weight excluding hydrogens is 276 g/mol. The summed E-state index contributed by atoms with van der Waals surface area (Å²) >= 11 is 0. The summed E-state index contributed by atoms with van der Waals surface area (Å²) in [6.07, 6.45) is 4.57. The molecule has 0 radical (unpaired) electrons. The Bertz CT molecular complexity index is 584. The second kappa shape index (κ2) is 5.92. The summed E-state index contributed by atoms with van der Waals surface area (Å²) in [5, 5.41) is 0. The summed E-state index contributed by atoms with van der Waals surface area (Å²) in [4.78, 5) is 6.97. The van der Waals surface area contributed by atoms with Crippen molar-refractivity contribution in [2.75, 3.05) is 34.9 Å². The Morgan fingerprint density at radius 1 is 1.18 bits per heavy atom. The molecule has 3 rings (SSSR count). The first-order valence-corrected chi connectivity index (χ1v) is 8.02. The molecule has 120 valence electrons. The number of likely N-dealkylation sites (tertiary alicyclic amines) is 1. The van der Waals surface area contributed by atoms with E-state index in [4.69, 9.17) is 9.47 Å². The number of ether oxygens (including phenoxy) is 2. The molecule has 1 aromatic carbocycles. The van der Waals surface area contributed by atoms with Crippen LogP contribution in [-0.2, 0) is 5.41 Å². The monoisotopic (exact) mass is 302 g/mol. The number of methoxy groups -OCH3 is 2. The molecule has 2 aliphatic rings. The first-order valence-electron chi connectivity index (χ1n) is 8.02. The van der Waals surface area contributed by atoms with Gasteiger partial charge in [-0.3, -0.25) is 4.99 Å². The van der Waals surface area contributed by atoms with Crippen LogP contribution >= 0.6 is 0 Å². The maximum Gasteiger partial charge on any atom is 0.161 e. The van der Waals surface area contributed by atoms with Gasteiger partial charge in [0.2, 0.25) is 0 Å². The van der Waals surface area contributed by atoms with Gasteiger partial charge in [0.25, 0.3) is 0 Å². The minimum atomic E-state index is 0.225. The molecule has 0 bridgehead atoms. The van der Waals surface area contributed by atoms with E-state index in [1.54, 1.807) is 14.2 Å². The molecule has 1 saturated heterocycles. The third kappa shape index (κ3) is 2.30. The van der Waals surface area contributed by atoms with E-state index in [2.05, 4.69) is 29.1 Å². The zero-order valence-electron chi connectivity index (χ0n) is 14.1. The highest BCUT2D eigenvalue weighted by Gasteiger charge is 2.49. The summed E-state index contributed by atoms with van der Waals surface area (Å²) in [5.41, 5.74) is 2.96. The van der Waals surface area contributed by atoms with Crippen molar-refractivity contribution in [2.45, 2.75) is 37.1 Å². The highest BCUT2D eigenvalue weighted by Crippen LogP contribution is 2.49. The van der Waals surface area contributed by atoms with E-state index in [9.17, 15) is 0 Å². The van der Waals surface area contributed by atoms with Crippen molar-refractivity contribution in [3.05, 3.63) is 23.8 Å². The third-order valence-corrected chi connectivity index (χ3v) is 5.64. The van der Waals surface area contributed by atoms with Crippen molar-refractivity contribution in [2.24, 2.45) is 4.99 Å². The lowest BCUT2D eigenvalue weighted by molar-refractivity contribution is 0.226. The lowest BCUT2D eigenvalue weighted by Gasteiger charge is -2.42. The third-order valence-electron chi connectivity index (χ3n) is 5.64. The van der Waals surface area contributed by atoms with Gasteiger partial charge in [-0.25, -0.2) is 0 Å². The molecule has 2 fully saturated rings. The van der Waals surface area contributed by atoms with Crippen molar-refractivity contribution in [1.82, 2.24) is 4.90 Å². The molecule has 0 amide bonds. The Morgan fingerprint density at radius 3 is 2.64 bits per heavy atom. The predicted octanol–water partition coefficient (Wildman–Crippen LogP) is 2.90. The van der Waals surface area contributed by atoms with Crippen LogP contribution < -0.4 is 9.47 Å². The van der Waals surface area contributed by atoms with Crippen LogP contribution in [0.5, 0.6) is 11.5 Å². The topological polar surface area (TPSA) is 34.1 Å². The number of hydrogen-bond donors (Lipinski definition) is 0. The van der Waals surface area contributed by atoms with E-state index >= 15 is 0 Å². The summed E-state index contributed by atoms with van der Waals surface area (Å²) in [7, 11) is 7.56. The molecule has 0 spiro atoms. The van der Waals surface area contributed by atoms with Gasteiger partial charge in [0.15, 0.2) is 11.5 Å². The van der Waals surface area contributed by atoms with Gasteiger partial charge in [0.05, 0.1) is 14.2 Å². The minimum Gasteiger partial charge on any atom is -0.493 e. The summed E-state index contributed by atoms with van der Waals surface area (Å²) in [6, 6.07) is 6.99. The van der Waals surface area contributed by atoms with Crippen LogP contribution in [0.3, 0.4) is 0 Å². The smallest absolute Gasteiger partial charge is 0.161 e. The van der Waals surface area contributed by atoms with Crippen molar-refractivity contribution in [3.8, 4) is 11.5 Å². The molecule has 22 heavy (non-hydrogen) atoms. The van der Waals surface area contributed by atoms with Gasteiger partial charge < -0.3 is 14.4 Å². The number of likely N-dealkylation sites (N-methyl/N-ethyl adjacent to an activating group) is 1. The van der Waals surface area contributed by atoms with Gasteiger partial charge in [-0.1, -0.05) is 6.07 Å². The van der Waals surface area contributed by atoms with E-state index in [1.165, 1.54) is 24.1 Å². The van der Waals surface area contributed by atoms with Crippen molar-refractivity contribution >= 4 is 5.71 Å². The van der Waals surface area contributed by atoms with Crippen LogP contribution in [0.2, 0.25) is 0 Å². The Hall–Kier alpha value is -1.55. The summed E-state index contributed by atoms with van der Waals surface area (Å²) < 4.78 is 10.9. The standard InChI is InChI=1S/C18H26N2O2/c1-19-14-7-8-18(9-10-20(2)17(18)12-14)13-5-6-15(21-3)16(11-13)22-4/h5-6,11,17H,7-10,12H2,1-4H3/b19-14+/t17?,18-/m0/s1. The molecule has 2 atom stereocenters. The zero-order chi connectivity index (χ0) is 15.7. The maximum atomic E-state index is 5.52. The van der Waals surface area contributed by atoms with Gasteiger partial charge in [-0.05, 0) is 50.6 Å². The SMILES string of the molecule is C/N=C1\CC[C@@]2(c3ccc(OC)c(OC)c3)CCN(C)C2C1. The summed E-state index contributed by atoms with van der Waals surface area (Å²) in [6.45, 7) is 1.15. The Kier molecular flexibility index (Phi) is 4.13. The van der Waals surface area contributed by atoms with Crippen LogP contribution in [-0.4, -0.2) is 51.5 Å². The molecule has 1 heterocycles. The number of fused-ring (bicyclic) bond motifs is 1. The fourth-order valence-electron chi connectivity index (χ4n) is 4.29. The van der Waals surface area contributed by atoms with Crippen molar-refractivity contribution in [1.29, 1.82) is 0 Å². The number of hydrogen-bond acceptors (Lipinski definition) is 4. The number of aliphatic imine (C=N–C) groups is 1. The Morgan fingerprint density at radius 2 is 1.95 bits per heavy atom. The number of benzene rings is 1. The highest BCUT2D eigenvalue weighted by atomic mass is 16.5. The molecule has 1 aliphatic carbocycles. The molecule has 4 nitrogen and oxygen atoms in total. The quantitative estimate of drug-likeness (QED) is 0.861. The largest absolute Gasteiger partial charge is 0.493 e. The van der Waals surface area contributed by atoms with Gasteiger partial charge >= 0.3 is 0 Å². The predicted molar refractivity (Wildman–Crippen MR) is 89.5 cm³/mol. The van der Waals surface area contributed by atoms with Crippen LogP contribution in [0.15, 0.2) is 23.2 Å². The average molecular weight is 302 g/mol. The first-order chi connectivity index (χ1) is 10.6. The number of rotatable bonds is 3. The summed E-state index contributed by atoms with van der Waals surface area (Å²) in [5.74, 6) is 1.63. The average Bonchev–Trinajstić information content (AvgIpc) is 2.91. The molecule has 0 N–H and O–H groups in total. The van der Waals surface area contributed by atoms with Gasteiger partial charge in [-0.2, -0.15) is 0 Å². The highest BCUT2D eigenvalue weighted by molar-refractivity contribution is 5.86. The van der Waals surface area contributed by atoms with Gasteiger partial charge in [0, 0.05) is 30.6 Å². The van der Waals surface area contributed by atoms with E-state index in [1.807, 2.05) is 13.1 Å². The van der Waals surface area contributed by atoms with Crippen LogP contribution in [0, 0.1) is 0 Å². The Balaban J connectivity index is 2.01. The number of nitrogens with zero attached hydrogens (tertiary/aromatic N) is 2. The molecule has 4 heteroatoms. The molecule has 1 aliphatic heterocycles. The molecule has 1 aromatic rings. The lowest BCUT2D eigenvalue weighted by atomic mass is 9.65. The van der Waals surface area contributed by atoms with Gasteiger partial charge in [0.1, 0.15) is 0 Å². The molecular formula is C18H26N2O2. The van der Waals surface area contributed by atoms with Crippen LogP contribution in [0.1, 0.15) is 31.2 Å². The maximum absolute atomic E-state index is 5.52. The minimum absolute atomic E-state index is 0.225. The second-order valence-corrected chi connectivity index (χ2v) is 6.47. The first kappa shape index (κ1) is 15.3. The van der Waals surface area contributed by atoms with Crippen LogP contribution in [0.4, 0.5) is 0 Å². The fourth-order valence-corrected chi connectivity index (χ4v) is 4.29. The molecule has 1 saturated carbocycles. The van der Waals surface area contributed by atoms with E-state index in [-0.39, 0.29) is 5.41 Å². The normalized spacial score (nSPS) is 30.4. The van der Waals surface area contributed by atoms with Gasteiger partial charge in [-0.15, -0.1) is 0 Å². The van der Waals surface area contributed by atoms with E-state index in [0.29, 0.717) is 6.04 Å². The second-order valence-electron chi connectivity index (χ2n) is 6.47. The van der Waals surface area contributed by atoms with E-state index in [0.717, 1.165) is 30.9 Å². The lowest BCUT2D eigenvalue weighted by Crippen LogP contribution is -2.46. The molecule has 1 unspecified atom stereocenters. The molecule has 0 aromatic heterocycles. The zero-order valence-corrected chi connectivity index (χ0v) is 14.1. The Labute approximate surface area is 133 Å². The van der Waals surface area contributed by atoms with Crippen molar-refractivity contribution < 1.29 is 9.47 Å². The van der Waals surface area contributed by atoms with E-state index < -0.39 is 0 Å². The van der Waals surface area contributed by atoms with Crippen molar-refractivity contribution in [3.63, 3.8) is 0 Å². The fraction of sp³-hybridized carbons (Fsp3) is 0.611. The van der Waals surface area contributed by atoms with Crippen LogP contribution in [0.25, 0.3) is 0 Å².